The first kappa shape index (κ1) is 22.1. The molecule has 1 saturated heterocycles. The standard InChI is InChI=1S/C23H19ClF3N7O/c24-15-1-2-17-16(7-15)19(13(9-28)10-29-17)32-4-3-22(8-14(22)11-32)21(35)33-5-6-34-18(12-33)30-31-20(34)23(25,26)27/h1-2,7,10,14H,3-6,8,11-12H2. The highest BCUT2D eigenvalue weighted by atomic mass is 35.5. The van der Waals surface area contributed by atoms with Crippen LogP contribution < -0.4 is 4.90 Å². The Labute approximate surface area is 202 Å². The maximum absolute atomic E-state index is 13.5. The number of anilines is 1. The molecule has 3 aliphatic rings. The molecule has 2 unspecified atom stereocenters. The number of fused-ring (bicyclic) bond motifs is 3. The van der Waals surface area contributed by atoms with Gasteiger partial charge in [-0.3, -0.25) is 9.78 Å². The number of pyridine rings is 1. The fourth-order valence-corrected chi connectivity index (χ4v) is 5.79. The number of nitriles is 1. The van der Waals surface area contributed by atoms with E-state index < -0.39 is 17.4 Å². The summed E-state index contributed by atoms with van der Waals surface area (Å²) in [6.07, 6.45) is -1.70. The number of benzene rings is 1. The second kappa shape index (κ2) is 7.55. The van der Waals surface area contributed by atoms with Crippen molar-refractivity contribution in [3.8, 4) is 6.07 Å². The van der Waals surface area contributed by atoms with Gasteiger partial charge in [-0.05, 0) is 37.0 Å². The third-order valence-electron chi connectivity index (χ3n) is 7.46. The number of alkyl halides is 3. The molecule has 6 rings (SSSR count). The lowest BCUT2D eigenvalue weighted by Gasteiger charge is -2.37. The van der Waals surface area contributed by atoms with Crippen LogP contribution in [-0.4, -0.2) is 50.2 Å². The Morgan fingerprint density at radius 3 is 2.80 bits per heavy atom. The predicted octanol–water partition coefficient (Wildman–Crippen LogP) is 3.63. The molecule has 4 heterocycles. The van der Waals surface area contributed by atoms with Crippen LogP contribution in [0.3, 0.4) is 0 Å². The van der Waals surface area contributed by atoms with Crippen molar-refractivity contribution in [1.82, 2.24) is 24.6 Å². The van der Waals surface area contributed by atoms with Gasteiger partial charge >= 0.3 is 6.18 Å². The van der Waals surface area contributed by atoms with Crippen LogP contribution in [0.1, 0.15) is 30.1 Å². The first-order valence-electron chi connectivity index (χ1n) is 11.2. The van der Waals surface area contributed by atoms with Crippen LogP contribution in [0.2, 0.25) is 5.02 Å². The van der Waals surface area contributed by atoms with Gasteiger partial charge in [0.1, 0.15) is 6.07 Å². The lowest BCUT2D eigenvalue weighted by Crippen LogP contribution is -2.47. The molecular formula is C23H19ClF3N7O. The zero-order chi connectivity index (χ0) is 24.5. The zero-order valence-corrected chi connectivity index (χ0v) is 19.1. The average molecular weight is 502 g/mol. The Hall–Kier alpha value is -3.39. The van der Waals surface area contributed by atoms with Gasteiger partial charge < -0.3 is 14.4 Å². The van der Waals surface area contributed by atoms with E-state index in [0.29, 0.717) is 36.5 Å². The minimum atomic E-state index is -4.58. The van der Waals surface area contributed by atoms with Crippen molar-refractivity contribution >= 4 is 34.1 Å². The summed E-state index contributed by atoms with van der Waals surface area (Å²) in [6, 6.07) is 7.60. The van der Waals surface area contributed by atoms with E-state index in [1.165, 1.54) is 0 Å². The number of hydrogen-bond acceptors (Lipinski definition) is 6. The number of carbonyl (C=O) groups is 1. The van der Waals surface area contributed by atoms with Crippen molar-refractivity contribution in [1.29, 1.82) is 5.26 Å². The minimum Gasteiger partial charge on any atom is -0.370 e. The van der Waals surface area contributed by atoms with Crippen LogP contribution in [0.25, 0.3) is 10.9 Å². The van der Waals surface area contributed by atoms with E-state index in [2.05, 4.69) is 26.2 Å². The molecule has 8 nitrogen and oxygen atoms in total. The Kier molecular flexibility index (Phi) is 4.77. The summed E-state index contributed by atoms with van der Waals surface area (Å²) in [4.78, 5) is 21.6. The molecule has 0 radical (unpaired) electrons. The molecule has 1 saturated carbocycles. The van der Waals surface area contributed by atoms with E-state index in [-0.39, 0.29) is 37.3 Å². The topological polar surface area (TPSA) is 90.9 Å². The molecule has 2 fully saturated rings. The molecule has 12 heteroatoms. The van der Waals surface area contributed by atoms with E-state index in [1.54, 1.807) is 23.2 Å². The highest BCUT2D eigenvalue weighted by molar-refractivity contribution is 6.31. The highest BCUT2D eigenvalue weighted by Gasteiger charge is 2.63. The summed E-state index contributed by atoms with van der Waals surface area (Å²) in [5.41, 5.74) is 1.45. The number of carbonyl (C=O) groups excluding carboxylic acids is 1. The van der Waals surface area contributed by atoms with Crippen LogP contribution in [0.15, 0.2) is 24.4 Å². The Morgan fingerprint density at radius 1 is 1.23 bits per heavy atom. The maximum atomic E-state index is 13.5. The summed E-state index contributed by atoms with van der Waals surface area (Å²) in [5, 5.41) is 18.0. The number of amides is 1. The predicted molar refractivity (Wildman–Crippen MR) is 119 cm³/mol. The molecule has 180 valence electrons. The van der Waals surface area contributed by atoms with Crippen molar-refractivity contribution in [2.45, 2.75) is 32.1 Å². The van der Waals surface area contributed by atoms with Gasteiger partial charge in [-0.15, -0.1) is 10.2 Å². The van der Waals surface area contributed by atoms with Crippen LogP contribution in [0.4, 0.5) is 18.9 Å². The van der Waals surface area contributed by atoms with Crippen molar-refractivity contribution in [2.24, 2.45) is 11.3 Å². The van der Waals surface area contributed by atoms with Crippen molar-refractivity contribution in [3.05, 3.63) is 46.6 Å². The van der Waals surface area contributed by atoms with Gasteiger partial charge in [-0.2, -0.15) is 18.4 Å². The van der Waals surface area contributed by atoms with Gasteiger partial charge in [-0.1, -0.05) is 11.6 Å². The second-order valence-corrected chi connectivity index (χ2v) is 9.80. The molecule has 0 spiro atoms. The monoisotopic (exact) mass is 501 g/mol. The van der Waals surface area contributed by atoms with Gasteiger partial charge in [0.15, 0.2) is 5.82 Å². The molecule has 1 amide bonds. The fourth-order valence-electron chi connectivity index (χ4n) is 5.62. The van der Waals surface area contributed by atoms with Gasteiger partial charge in [0.05, 0.1) is 28.7 Å². The average Bonchev–Trinajstić information content (AvgIpc) is 3.42. The lowest BCUT2D eigenvalue weighted by molar-refractivity contribution is -0.148. The van der Waals surface area contributed by atoms with Gasteiger partial charge in [-0.25, -0.2) is 0 Å². The molecule has 0 N–H and O–H groups in total. The quantitative estimate of drug-likeness (QED) is 0.532. The summed E-state index contributed by atoms with van der Waals surface area (Å²) in [5.74, 6) is -0.800. The Morgan fingerprint density at radius 2 is 2.06 bits per heavy atom. The highest BCUT2D eigenvalue weighted by Crippen LogP contribution is 2.60. The number of piperidine rings is 1. The summed E-state index contributed by atoms with van der Waals surface area (Å²) >= 11 is 6.22. The summed E-state index contributed by atoms with van der Waals surface area (Å²) < 4.78 is 40.5. The normalized spacial score (nSPS) is 23.6. The molecule has 35 heavy (non-hydrogen) atoms. The van der Waals surface area contributed by atoms with E-state index in [4.69, 9.17) is 11.6 Å². The maximum Gasteiger partial charge on any atom is 0.451 e. The van der Waals surface area contributed by atoms with Crippen LogP contribution >= 0.6 is 11.6 Å². The number of halogens is 4. The van der Waals surface area contributed by atoms with Crippen molar-refractivity contribution in [2.75, 3.05) is 24.5 Å². The van der Waals surface area contributed by atoms with Crippen molar-refractivity contribution < 1.29 is 18.0 Å². The number of hydrogen-bond donors (Lipinski definition) is 0. The van der Waals surface area contributed by atoms with E-state index in [9.17, 15) is 23.2 Å². The van der Waals surface area contributed by atoms with Crippen LogP contribution in [0, 0.1) is 22.7 Å². The van der Waals surface area contributed by atoms with Gasteiger partial charge in [0.25, 0.3) is 0 Å². The van der Waals surface area contributed by atoms with Crippen molar-refractivity contribution in [3.63, 3.8) is 0 Å². The molecule has 2 atom stereocenters. The third-order valence-corrected chi connectivity index (χ3v) is 7.69. The minimum absolute atomic E-state index is 0.0189. The molecule has 1 aliphatic carbocycles. The van der Waals surface area contributed by atoms with Crippen LogP contribution in [0.5, 0.6) is 0 Å². The third kappa shape index (κ3) is 3.42. The molecule has 2 aromatic heterocycles. The van der Waals surface area contributed by atoms with Gasteiger partial charge in [0, 0.05) is 42.8 Å². The molecule has 1 aromatic carbocycles. The number of aromatic nitrogens is 4. The SMILES string of the molecule is N#Cc1cnc2ccc(Cl)cc2c1N1CCC2(C(=O)N3CCn4c(nnc4C(F)(F)F)C3)CC2C1. The molecular weight excluding hydrogens is 483 g/mol. The zero-order valence-electron chi connectivity index (χ0n) is 18.4. The lowest BCUT2D eigenvalue weighted by atomic mass is 9.92. The number of rotatable bonds is 2. The number of nitrogens with zero attached hydrogens (tertiary/aromatic N) is 7. The fraction of sp³-hybridized carbons (Fsp3) is 0.435. The first-order chi connectivity index (χ1) is 16.7. The van der Waals surface area contributed by atoms with E-state index in [0.717, 1.165) is 21.2 Å². The Balaban J connectivity index is 1.22. The Bertz CT molecular complexity index is 1410. The second-order valence-electron chi connectivity index (χ2n) is 9.36. The summed E-state index contributed by atoms with van der Waals surface area (Å²) in [6.45, 7) is 1.41. The smallest absolute Gasteiger partial charge is 0.370 e. The van der Waals surface area contributed by atoms with E-state index >= 15 is 0 Å². The molecule has 0 bridgehead atoms. The van der Waals surface area contributed by atoms with Gasteiger partial charge in [0.2, 0.25) is 11.7 Å². The molecule has 3 aromatic rings. The van der Waals surface area contributed by atoms with Crippen LogP contribution in [-0.2, 0) is 24.1 Å². The summed E-state index contributed by atoms with van der Waals surface area (Å²) in [7, 11) is 0. The molecule has 2 aliphatic heterocycles. The van der Waals surface area contributed by atoms with E-state index in [1.807, 2.05) is 6.07 Å². The largest absolute Gasteiger partial charge is 0.451 e. The first-order valence-corrected chi connectivity index (χ1v) is 11.6.